The SMILES string of the molecule is N#Cc1cccc(C(C#N)Nc2ccc(F)cc2)c1. The van der Waals surface area contributed by atoms with Crippen LogP contribution < -0.4 is 5.32 Å². The lowest BCUT2D eigenvalue weighted by Gasteiger charge is -2.13. The molecule has 19 heavy (non-hydrogen) atoms. The summed E-state index contributed by atoms with van der Waals surface area (Å²) in [5, 5.41) is 21.0. The first-order chi connectivity index (χ1) is 9.22. The average molecular weight is 251 g/mol. The van der Waals surface area contributed by atoms with Crippen molar-refractivity contribution in [2.24, 2.45) is 0 Å². The van der Waals surface area contributed by atoms with Crippen LogP contribution in [0, 0.1) is 28.5 Å². The van der Waals surface area contributed by atoms with Crippen LogP contribution in [0.5, 0.6) is 0 Å². The number of nitrogens with zero attached hydrogens (tertiary/aromatic N) is 2. The molecule has 0 aliphatic heterocycles. The van der Waals surface area contributed by atoms with Gasteiger partial charge in [-0.25, -0.2) is 4.39 Å². The summed E-state index contributed by atoms with van der Waals surface area (Å²) < 4.78 is 12.8. The highest BCUT2D eigenvalue weighted by atomic mass is 19.1. The molecule has 0 heterocycles. The minimum atomic E-state index is -0.584. The molecule has 0 amide bonds. The first kappa shape index (κ1) is 12.6. The highest BCUT2D eigenvalue weighted by Crippen LogP contribution is 2.20. The molecular formula is C15H10FN3. The Kier molecular flexibility index (Phi) is 3.75. The van der Waals surface area contributed by atoms with Crippen LogP contribution in [0.25, 0.3) is 0 Å². The van der Waals surface area contributed by atoms with E-state index in [1.807, 2.05) is 6.07 Å². The van der Waals surface area contributed by atoms with E-state index in [1.165, 1.54) is 12.1 Å². The largest absolute Gasteiger partial charge is 0.366 e. The Hall–Kier alpha value is -2.85. The minimum absolute atomic E-state index is 0.328. The fraction of sp³-hybridized carbons (Fsp3) is 0.0667. The molecule has 0 aromatic heterocycles. The lowest BCUT2D eigenvalue weighted by molar-refractivity contribution is 0.628. The second kappa shape index (κ2) is 5.66. The number of rotatable bonds is 3. The van der Waals surface area contributed by atoms with Crippen molar-refractivity contribution in [3.8, 4) is 12.1 Å². The molecule has 0 saturated carbocycles. The molecule has 4 heteroatoms. The second-order valence-electron chi connectivity index (χ2n) is 3.95. The summed E-state index contributed by atoms with van der Waals surface area (Å²) in [5.74, 6) is -0.328. The van der Waals surface area contributed by atoms with E-state index in [9.17, 15) is 9.65 Å². The Morgan fingerprint density at radius 2 is 1.79 bits per heavy atom. The van der Waals surface area contributed by atoms with Crippen LogP contribution in [0.4, 0.5) is 10.1 Å². The Bertz CT molecular complexity index is 650. The summed E-state index contributed by atoms with van der Waals surface area (Å²) in [6, 6.07) is 16.2. The van der Waals surface area contributed by atoms with Crippen LogP contribution in [-0.2, 0) is 0 Å². The summed E-state index contributed by atoms with van der Waals surface area (Å²) in [4.78, 5) is 0. The van der Waals surface area contributed by atoms with E-state index in [1.54, 1.807) is 36.4 Å². The Labute approximate surface area is 110 Å². The van der Waals surface area contributed by atoms with Gasteiger partial charge in [0.1, 0.15) is 11.9 Å². The van der Waals surface area contributed by atoms with Gasteiger partial charge in [0, 0.05) is 5.69 Å². The van der Waals surface area contributed by atoms with Crippen LogP contribution in [0.3, 0.4) is 0 Å². The zero-order valence-corrected chi connectivity index (χ0v) is 9.97. The quantitative estimate of drug-likeness (QED) is 0.909. The van der Waals surface area contributed by atoms with Crippen molar-refractivity contribution in [3.05, 3.63) is 65.5 Å². The third-order valence-corrected chi connectivity index (χ3v) is 2.63. The zero-order valence-electron chi connectivity index (χ0n) is 9.97. The Morgan fingerprint density at radius 1 is 1.05 bits per heavy atom. The molecule has 2 rings (SSSR count). The Morgan fingerprint density at radius 3 is 2.42 bits per heavy atom. The highest BCUT2D eigenvalue weighted by Gasteiger charge is 2.10. The third-order valence-electron chi connectivity index (χ3n) is 2.63. The van der Waals surface area contributed by atoms with Gasteiger partial charge in [0.05, 0.1) is 17.7 Å². The maximum atomic E-state index is 12.8. The maximum Gasteiger partial charge on any atom is 0.140 e. The van der Waals surface area contributed by atoms with E-state index >= 15 is 0 Å². The van der Waals surface area contributed by atoms with Gasteiger partial charge in [-0.3, -0.25) is 0 Å². The minimum Gasteiger partial charge on any atom is -0.366 e. The van der Waals surface area contributed by atoms with E-state index < -0.39 is 6.04 Å². The first-order valence-corrected chi connectivity index (χ1v) is 5.64. The fourth-order valence-electron chi connectivity index (χ4n) is 1.69. The van der Waals surface area contributed by atoms with E-state index in [4.69, 9.17) is 5.26 Å². The molecule has 0 saturated heterocycles. The number of anilines is 1. The summed E-state index contributed by atoms with van der Waals surface area (Å²) >= 11 is 0. The molecule has 2 aromatic rings. The molecule has 92 valence electrons. The molecule has 0 bridgehead atoms. The first-order valence-electron chi connectivity index (χ1n) is 5.64. The summed E-state index contributed by atoms with van der Waals surface area (Å²) in [6.07, 6.45) is 0. The van der Waals surface area contributed by atoms with Gasteiger partial charge >= 0.3 is 0 Å². The van der Waals surface area contributed by atoms with Crippen molar-refractivity contribution in [1.29, 1.82) is 10.5 Å². The molecule has 2 aromatic carbocycles. The molecular weight excluding hydrogens is 241 g/mol. The van der Waals surface area contributed by atoms with Crippen molar-refractivity contribution >= 4 is 5.69 Å². The molecule has 0 radical (unpaired) electrons. The normalized spacial score (nSPS) is 11.1. The van der Waals surface area contributed by atoms with Crippen LogP contribution in [0.2, 0.25) is 0 Å². The number of benzene rings is 2. The van der Waals surface area contributed by atoms with Crippen molar-refractivity contribution in [2.45, 2.75) is 6.04 Å². The number of nitrogens with one attached hydrogen (secondary N) is 1. The van der Waals surface area contributed by atoms with Crippen LogP contribution in [0.15, 0.2) is 48.5 Å². The molecule has 3 nitrogen and oxygen atoms in total. The molecule has 1 N–H and O–H groups in total. The number of nitriles is 2. The van der Waals surface area contributed by atoms with Gasteiger partial charge in [-0.2, -0.15) is 10.5 Å². The standard InChI is InChI=1S/C15H10FN3/c16-13-4-6-14(7-5-13)19-15(10-18)12-3-1-2-11(8-12)9-17/h1-8,15,19H. The second-order valence-corrected chi connectivity index (χ2v) is 3.95. The van der Waals surface area contributed by atoms with Crippen LogP contribution in [0.1, 0.15) is 17.2 Å². The van der Waals surface area contributed by atoms with Crippen molar-refractivity contribution in [3.63, 3.8) is 0 Å². The number of hydrogen-bond acceptors (Lipinski definition) is 3. The van der Waals surface area contributed by atoms with Crippen LogP contribution >= 0.6 is 0 Å². The van der Waals surface area contributed by atoms with E-state index in [2.05, 4.69) is 11.4 Å². The smallest absolute Gasteiger partial charge is 0.140 e. The maximum absolute atomic E-state index is 12.8. The van der Waals surface area contributed by atoms with E-state index in [0.29, 0.717) is 16.8 Å². The third kappa shape index (κ3) is 3.08. The molecule has 0 spiro atoms. The van der Waals surface area contributed by atoms with Gasteiger partial charge in [0.15, 0.2) is 0 Å². The lowest BCUT2D eigenvalue weighted by Crippen LogP contribution is -2.08. The summed E-state index contributed by atoms with van der Waals surface area (Å²) in [7, 11) is 0. The van der Waals surface area contributed by atoms with Crippen molar-refractivity contribution < 1.29 is 4.39 Å². The Balaban J connectivity index is 2.23. The van der Waals surface area contributed by atoms with Gasteiger partial charge in [0.2, 0.25) is 0 Å². The van der Waals surface area contributed by atoms with Gasteiger partial charge in [-0.1, -0.05) is 12.1 Å². The summed E-state index contributed by atoms with van der Waals surface area (Å²) in [5.41, 5.74) is 1.85. The predicted octanol–water partition coefficient (Wildman–Crippen LogP) is 3.37. The molecule has 0 aliphatic rings. The zero-order chi connectivity index (χ0) is 13.7. The lowest BCUT2D eigenvalue weighted by atomic mass is 10.0. The van der Waals surface area contributed by atoms with E-state index in [0.717, 1.165) is 0 Å². The van der Waals surface area contributed by atoms with Gasteiger partial charge in [-0.05, 0) is 42.0 Å². The van der Waals surface area contributed by atoms with Crippen molar-refractivity contribution in [2.75, 3.05) is 5.32 Å². The highest BCUT2D eigenvalue weighted by molar-refractivity contribution is 5.48. The van der Waals surface area contributed by atoms with Gasteiger partial charge in [-0.15, -0.1) is 0 Å². The topological polar surface area (TPSA) is 59.6 Å². The fourth-order valence-corrected chi connectivity index (χ4v) is 1.69. The average Bonchev–Trinajstić information content (AvgIpc) is 2.46. The van der Waals surface area contributed by atoms with Crippen LogP contribution in [-0.4, -0.2) is 0 Å². The molecule has 1 unspecified atom stereocenters. The monoisotopic (exact) mass is 251 g/mol. The number of hydrogen-bond donors (Lipinski definition) is 1. The van der Waals surface area contributed by atoms with E-state index in [-0.39, 0.29) is 5.82 Å². The van der Waals surface area contributed by atoms with Crippen molar-refractivity contribution in [1.82, 2.24) is 0 Å². The predicted molar refractivity (Wildman–Crippen MR) is 69.5 cm³/mol. The summed E-state index contributed by atoms with van der Waals surface area (Å²) in [6.45, 7) is 0. The number of halogens is 1. The van der Waals surface area contributed by atoms with Gasteiger partial charge in [0.25, 0.3) is 0 Å². The molecule has 1 atom stereocenters. The molecule has 0 fully saturated rings. The van der Waals surface area contributed by atoms with Gasteiger partial charge < -0.3 is 5.32 Å². The molecule has 0 aliphatic carbocycles.